The van der Waals surface area contributed by atoms with Gasteiger partial charge in [0, 0.05) is 18.3 Å². The number of ether oxygens (including phenoxy) is 1. The van der Waals surface area contributed by atoms with Crippen molar-refractivity contribution in [1.82, 2.24) is 5.32 Å². The summed E-state index contributed by atoms with van der Waals surface area (Å²) in [5, 5.41) is 7.15. The molecule has 1 aromatic rings. The van der Waals surface area contributed by atoms with Crippen molar-refractivity contribution in [3.05, 3.63) is 22.8 Å². The minimum atomic E-state index is 0.701. The smallest absolute Gasteiger partial charge is 0.122 e. The quantitative estimate of drug-likeness (QED) is 0.855. The maximum absolute atomic E-state index is 5.41. The van der Waals surface area contributed by atoms with Gasteiger partial charge in [-0.1, -0.05) is 0 Å². The van der Waals surface area contributed by atoms with Crippen LogP contribution in [0.4, 0.5) is 5.69 Å². The van der Waals surface area contributed by atoms with E-state index in [2.05, 4.69) is 37.5 Å². The molecule has 2 rings (SSSR count). The lowest BCUT2D eigenvalue weighted by Crippen LogP contribution is -2.24. The Kier molecular flexibility index (Phi) is 4.70. The Morgan fingerprint density at radius 2 is 2.11 bits per heavy atom. The molecule has 1 fully saturated rings. The molecule has 0 aliphatic carbocycles. The molecule has 1 saturated heterocycles. The zero-order chi connectivity index (χ0) is 13.8. The van der Waals surface area contributed by atoms with Crippen LogP contribution >= 0.6 is 0 Å². The molecule has 3 heteroatoms. The summed E-state index contributed by atoms with van der Waals surface area (Å²) in [6, 6.07) is 2.82. The average molecular weight is 262 g/mol. The van der Waals surface area contributed by atoms with Gasteiger partial charge in [-0.25, -0.2) is 0 Å². The molecular formula is C16H26N2O. The Bertz CT molecular complexity index is 437. The minimum Gasteiger partial charge on any atom is -0.496 e. The number of hydrogen-bond acceptors (Lipinski definition) is 3. The standard InChI is InChI=1S/C16H26N2O/c1-11-10-15(19-4)12(2)13(3)16(11)18-9-7-14-6-5-8-17-14/h10,14,17-18H,5-9H2,1-4H3. The van der Waals surface area contributed by atoms with Crippen molar-refractivity contribution in [1.29, 1.82) is 0 Å². The number of anilines is 1. The van der Waals surface area contributed by atoms with E-state index in [0.717, 1.165) is 12.3 Å². The van der Waals surface area contributed by atoms with Crippen LogP contribution in [0.3, 0.4) is 0 Å². The fraction of sp³-hybridized carbons (Fsp3) is 0.625. The van der Waals surface area contributed by atoms with Crippen LogP contribution in [0.5, 0.6) is 5.75 Å². The van der Waals surface area contributed by atoms with E-state index in [0.29, 0.717) is 6.04 Å². The van der Waals surface area contributed by atoms with Gasteiger partial charge in [0.25, 0.3) is 0 Å². The monoisotopic (exact) mass is 262 g/mol. The summed E-state index contributed by atoms with van der Waals surface area (Å²) >= 11 is 0. The highest BCUT2D eigenvalue weighted by Crippen LogP contribution is 2.31. The normalized spacial score (nSPS) is 18.6. The highest BCUT2D eigenvalue weighted by atomic mass is 16.5. The lowest BCUT2D eigenvalue weighted by molar-refractivity contribution is 0.411. The summed E-state index contributed by atoms with van der Waals surface area (Å²) in [7, 11) is 1.74. The predicted molar refractivity (Wildman–Crippen MR) is 81.3 cm³/mol. The third-order valence-electron chi connectivity index (χ3n) is 4.23. The summed E-state index contributed by atoms with van der Waals surface area (Å²) in [6.45, 7) is 8.65. The highest BCUT2D eigenvalue weighted by Gasteiger charge is 2.14. The molecule has 0 spiro atoms. The predicted octanol–water partition coefficient (Wildman–Crippen LogP) is 3.17. The Balaban J connectivity index is 2.01. The van der Waals surface area contributed by atoms with Crippen molar-refractivity contribution in [3.8, 4) is 5.75 Å². The van der Waals surface area contributed by atoms with Crippen LogP contribution in [0.2, 0.25) is 0 Å². The molecule has 0 amide bonds. The third-order valence-corrected chi connectivity index (χ3v) is 4.23. The molecule has 19 heavy (non-hydrogen) atoms. The van der Waals surface area contributed by atoms with Gasteiger partial charge in [-0.05, 0) is 69.3 Å². The fourth-order valence-electron chi connectivity index (χ4n) is 2.90. The van der Waals surface area contributed by atoms with E-state index >= 15 is 0 Å². The molecule has 106 valence electrons. The topological polar surface area (TPSA) is 33.3 Å². The number of nitrogens with one attached hydrogen (secondary N) is 2. The van der Waals surface area contributed by atoms with Crippen molar-refractivity contribution >= 4 is 5.69 Å². The average Bonchev–Trinajstić information content (AvgIpc) is 2.91. The van der Waals surface area contributed by atoms with Crippen molar-refractivity contribution in [2.75, 3.05) is 25.5 Å². The first-order valence-corrected chi connectivity index (χ1v) is 7.25. The van der Waals surface area contributed by atoms with E-state index in [1.165, 1.54) is 48.2 Å². The van der Waals surface area contributed by atoms with Gasteiger partial charge in [-0.3, -0.25) is 0 Å². The molecule has 0 saturated carbocycles. The van der Waals surface area contributed by atoms with Gasteiger partial charge < -0.3 is 15.4 Å². The molecule has 0 radical (unpaired) electrons. The molecule has 1 aromatic carbocycles. The first kappa shape index (κ1) is 14.2. The number of aryl methyl sites for hydroxylation is 1. The summed E-state index contributed by atoms with van der Waals surface area (Å²) in [6.07, 6.45) is 3.84. The molecule has 3 nitrogen and oxygen atoms in total. The SMILES string of the molecule is COc1cc(C)c(NCCC2CCCN2)c(C)c1C. The van der Waals surface area contributed by atoms with Crippen LogP contribution in [0, 0.1) is 20.8 Å². The zero-order valence-electron chi connectivity index (χ0n) is 12.6. The van der Waals surface area contributed by atoms with Gasteiger partial charge in [-0.15, -0.1) is 0 Å². The number of hydrogen-bond donors (Lipinski definition) is 2. The third kappa shape index (κ3) is 3.21. The van der Waals surface area contributed by atoms with Gasteiger partial charge in [0.05, 0.1) is 7.11 Å². The van der Waals surface area contributed by atoms with Crippen LogP contribution in [0.1, 0.15) is 36.0 Å². The Morgan fingerprint density at radius 3 is 2.74 bits per heavy atom. The van der Waals surface area contributed by atoms with Gasteiger partial charge in [0.15, 0.2) is 0 Å². The van der Waals surface area contributed by atoms with E-state index in [4.69, 9.17) is 4.74 Å². The van der Waals surface area contributed by atoms with Crippen LogP contribution in [0.15, 0.2) is 6.07 Å². The Labute approximate surface area is 116 Å². The summed E-state index contributed by atoms with van der Waals surface area (Å²) in [5.74, 6) is 0.984. The first-order valence-electron chi connectivity index (χ1n) is 7.25. The number of benzene rings is 1. The van der Waals surface area contributed by atoms with Crippen molar-refractivity contribution in [3.63, 3.8) is 0 Å². The van der Waals surface area contributed by atoms with E-state index in [1.54, 1.807) is 7.11 Å². The lowest BCUT2D eigenvalue weighted by Gasteiger charge is -2.18. The molecular weight excluding hydrogens is 236 g/mol. The van der Waals surface area contributed by atoms with Gasteiger partial charge in [0.2, 0.25) is 0 Å². The van der Waals surface area contributed by atoms with E-state index in [-0.39, 0.29) is 0 Å². The Hall–Kier alpha value is -1.22. The highest BCUT2D eigenvalue weighted by molar-refractivity contribution is 5.63. The summed E-state index contributed by atoms with van der Waals surface area (Å²) in [5.41, 5.74) is 5.07. The van der Waals surface area contributed by atoms with E-state index in [9.17, 15) is 0 Å². The number of methoxy groups -OCH3 is 1. The van der Waals surface area contributed by atoms with Crippen molar-refractivity contribution < 1.29 is 4.74 Å². The zero-order valence-corrected chi connectivity index (χ0v) is 12.6. The molecule has 1 atom stereocenters. The second kappa shape index (κ2) is 6.29. The molecule has 1 heterocycles. The maximum Gasteiger partial charge on any atom is 0.122 e. The van der Waals surface area contributed by atoms with E-state index in [1.807, 2.05) is 0 Å². The molecule has 0 aromatic heterocycles. The summed E-state index contributed by atoms with van der Waals surface area (Å²) in [4.78, 5) is 0. The lowest BCUT2D eigenvalue weighted by atomic mass is 10.0. The van der Waals surface area contributed by atoms with Gasteiger partial charge >= 0.3 is 0 Å². The molecule has 1 aliphatic rings. The van der Waals surface area contributed by atoms with Crippen LogP contribution in [-0.4, -0.2) is 26.2 Å². The molecule has 2 N–H and O–H groups in total. The van der Waals surface area contributed by atoms with Gasteiger partial charge in [-0.2, -0.15) is 0 Å². The molecule has 1 unspecified atom stereocenters. The summed E-state index contributed by atoms with van der Waals surface area (Å²) < 4.78 is 5.41. The first-order chi connectivity index (χ1) is 9.13. The maximum atomic E-state index is 5.41. The van der Waals surface area contributed by atoms with Crippen LogP contribution in [0.25, 0.3) is 0 Å². The van der Waals surface area contributed by atoms with Crippen LogP contribution in [-0.2, 0) is 0 Å². The van der Waals surface area contributed by atoms with Gasteiger partial charge in [0.1, 0.15) is 5.75 Å². The van der Waals surface area contributed by atoms with Crippen LogP contribution < -0.4 is 15.4 Å². The van der Waals surface area contributed by atoms with Crippen molar-refractivity contribution in [2.24, 2.45) is 0 Å². The molecule has 1 aliphatic heterocycles. The van der Waals surface area contributed by atoms with E-state index < -0.39 is 0 Å². The number of rotatable bonds is 5. The second-order valence-electron chi connectivity index (χ2n) is 5.53. The van der Waals surface area contributed by atoms with Crippen molar-refractivity contribution in [2.45, 2.75) is 46.1 Å². The second-order valence-corrected chi connectivity index (χ2v) is 5.53. The fourth-order valence-corrected chi connectivity index (χ4v) is 2.90. The minimum absolute atomic E-state index is 0.701. The largest absolute Gasteiger partial charge is 0.496 e. The Morgan fingerprint density at radius 1 is 1.32 bits per heavy atom. The molecule has 0 bridgehead atoms.